The first-order valence-corrected chi connectivity index (χ1v) is 6.38. The van der Waals surface area contributed by atoms with Gasteiger partial charge in [0.25, 0.3) is 0 Å². The van der Waals surface area contributed by atoms with Crippen molar-refractivity contribution >= 4 is 28.2 Å². The van der Waals surface area contributed by atoms with Crippen LogP contribution in [-0.2, 0) is 0 Å². The van der Waals surface area contributed by atoms with Gasteiger partial charge in [-0.2, -0.15) is 0 Å². The smallest absolute Gasteiger partial charge is 0.0527 e. The highest BCUT2D eigenvalue weighted by atomic mass is 32.1. The van der Waals surface area contributed by atoms with E-state index in [4.69, 9.17) is 0 Å². The molecule has 0 saturated carbocycles. The Kier molecular flexibility index (Phi) is 1.70. The lowest BCUT2D eigenvalue weighted by Crippen LogP contribution is -1.80. The zero-order valence-electron chi connectivity index (χ0n) is 8.13. The molecule has 2 heterocycles. The number of hydrogen-bond donors (Lipinski definition) is 0. The monoisotopic (exact) mass is 218 g/mol. The minimum atomic E-state index is 1.42. The minimum Gasteiger partial charge on any atom is -0.142 e. The standard InChI is InChI=1S/C12H10S2/c1-7(2)10-8-3-5-13-11(8)12-9(10)4-6-14-12/h3-6H,1-2H3. The highest BCUT2D eigenvalue weighted by molar-refractivity contribution is 7.21. The van der Waals surface area contributed by atoms with Gasteiger partial charge in [0.15, 0.2) is 0 Å². The number of hydrogen-bond acceptors (Lipinski definition) is 2. The SMILES string of the molecule is CC(C)=C1c2ccsc2-c2sccc21. The Labute approximate surface area is 91.5 Å². The maximum atomic E-state index is 2.25. The van der Waals surface area contributed by atoms with Gasteiger partial charge in [0, 0.05) is 11.1 Å². The molecule has 2 heteroatoms. The normalized spacial score (nSPS) is 12.9. The van der Waals surface area contributed by atoms with Gasteiger partial charge < -0.3 is 0 Å². The molecule has 0 amide bonds. The van der Waals surface area contributed by atoms with Crippen LogP contribution in [0.4, 0.5) is 0 Å². The summed E-state index contributed by atoms with van der Waals surface area (Å²) in [5.74, 6) is 0. The molecule has 0 aromatic carbocycles. The first-order chi connectivity index (χ1) is 6.79. The van der Waals surface area contributed by atoms with E-state index in [1.54, 1.807) is 0 Å². The molecular formula is C12H10S2. The Balaban J connectivity index is 2.44. The molecule has 0 fully saturated rings. The second kappa shape index (κ2) is 2.81. The van der Waals surface area contributed by atoms with E-state index in [1.165, 1.54) is 32.0 Å². The third kappa shape index (κ3) is 0.928. The second-order valence-corrected chi connectivity index (χ2v) is 5.53. The van der Waals surface area contributed by atoms with Crippen molar-refractivity contribution < 1.29 is 0 Å². The average molecular weight is 218 g/mol. The highest BCUT2D eigenvalue weighted by Crippen LogP contribution is 2.50. The van der Waals surface area contributed by atoms with E-state index in [0.717, 1.165) is 0 Å². The molecule has 1 aliphatic carbocycles. The van der Waals surface area contributed by atoms with Crippen LogP contribution in [-0.4, -0.2) is 0 Å². The van der Waals surface area contributed by atoms with Gasteiger partial charge in [0.2, 0.25) is 0 Å². The quantitative estimate of drug-likeness (QED) is 0.516. The summed E-state index contributed by atoms with van der Waals surface area (Å²) in [5.41, 5.74) is 5.76. The molecule has 0 aliphatic heterocycles. The van der Waals surface area contributed by atoms with Gasteiger partial charge in [-0.05, 0) is 42.3 Å². The molecule has 0 N–H and O–H groups in total. The summed E-state index contributed by atoms with van der Waals surface area (Å²) >= 11 is 3.71. The molecular weight excluding hydrogens is 208 g/mol. The van der Waals surface area contributed by atoms with Gasteiger partial charge in [0.05, 0.1) is 9.75 Å². The topological polar surface area (TPSA) is 0 Å². The Bertz CT molecular complexity index is 480. The highest BCUT2D eigenvalue weighted by Gasteiger charge is 2.26. The first kappa shape index (κ1) is 8.45. The number of fused-ring (bicyclic) bond motifs is 3. The number of thiophene rings is 2. The first-order valence-electron chi connectivity index (χ1n) is 4.62. The van der Waals surface area contributed by atoms with Crippen molar-refractivity contribution in [3.8, 4) is 9.75 Å². The molecule has 2 aromatic rings. The van der Waals surface area contributed by atoms with E-state index in [9.17, 15) is 0 Å². The van der Waals surface area contributed by atoms with Gasteiger partial charge in [-0.25, -0.2) is 0 Å². The number of allylic oxidation sites excluding steroid dienone is 1. The summed E-state index contributed by atoms with van der Waals surface area (Å²) in [6, 6.07) is 4.49. The van der Waals surface area contributed by atoms with Crippen LogP contribution in [0.25, 0.3) is 15.3 Å². The van der Waals surface area contributed by atoms with Crippen molar-refractivity contribution in [1.82, 2.24) is 0 Å². The van der Waals surface area contributed by atoms with Crippen molar-refractivity contribution in [2.45, 2.75) is 13.8 Å². The average Bonchev–Trinajstić information content (AvgIpc) is 2.70. The Morgan fingerprint density at radius 2 is 1.43 bits per heavy atom. The predicted octanol–water partition coefficient (Wildman–Crippen LogP) is 4.63. The van der Waals surface area contributed by atoms with Crippen molar-refractivity contribution in [1.29, 1.82) is 0 Å². The maximum Gasteiger partial charge on any atom is 0.0527 e. The lowest BCUT2D eigenvalue weighted by Gasteiger charge is -2.00. The summed E-state index contributed by atoms with van der Waals surface area (Å²) in [5, 5.41) is 4.38. The van der Waals surface area contributed by atoms with Gasteiger partial charge in [-0.15, -0.1) is 22.7 Å². The number of rotatable bonds is 0. The van der Waals surface area contributed by atoms with E-state index in [0.29, 0.717) is 0 Å². The van der Waals surface area contributed by atoms with E-state index >= 15 is 0 Å². The fourth-order valence-electron chi connectivity index (χ4n) is 2.05. The molecule has 14 heavy (non-hydrogen) atoms. The fraction of sp³-hybridized carbons (Fsp3) is 0.167. The van der Waals surface area contributed by atoms with Gasteiger partial charge in [-0.1, -0.05) is 5.57 Å². The van der Waals surface area contributed by atoms with Crippen LogP contribution in [0.2, 0.25) is 0 Å². The minimum absolute atomic E-state index is 1.42. The van der Waals surface area contributed by atoms with Crippen LogP contribution in [0, 0.1) is 0 Å². The van der Waals surface area contributed by atoms with Gasteiger partial charge >= 0.3 is 0 Å². The molecule has 2 aromatic heterocycles. The Hall–Kier alpha value is -0.860. The zero-order valence-corrected chi connectivity index (χ0v) is 9.76. The Morgan fingerprint density at radius 3 is 1.86 bits per heavy atom. The molecule has 0 spiro atoms. The maximum absolute atomic E-state index is 2.25. The predicted molar refractivity (Wildman–Crippen MR) is 65.0 cm³/mol. The van der Waals surface area contributed by atoms with E-state index in [1.807, 2.05) is 22.7 Å². The van der Waals surface area contributed by atoms with Crippen LogP contribution >= 0.6 is 22.7 Å². The van der Waals surface area contributed by atoms with Gasteiger partial charge in [0.1, 0.15) is 0 Å². The molecule has 70 valence electrons. The molecule has 3 rings (SSSR count). The molecule has 0 unspecified atom stereocenters. The van der Waals surface area contributed by atoms with Crippen LogP contribution in [0.15, 0.2) is 28.5 Å². The fourth-order valence-corrected chi connectivity index (χ4v) is 4.04. The lowest BCUT2D eigenvalue weighted by molar-refractivity contribution is 1.40. The molecule has 0 radical (unpaired) electrons. The summed E-state index contributed by atoms with van der Waals surface area (Å²) in [6.07, 6.45) is 0. The van der Waals surface area contributed by atoms with E-state index < -0.39 is 0 Å². The largest absolute Gasteiger partial charge is 0.142 e. The summed E-state index contributed by atoms with van der Waals surface area (Å²) in [4.78, 5) is 2.93. The van der Waals surface area contributed by atoms with Gasteiger partial charge in [-0.3, -0.25) is 0 Å². The van der Waals surface area contributed by atoms with Crippen molar-refractivity contribution in [2.75, 3.05) is 0 Å². The molecule has 1 aliphatic rings. The lowest BCUT2D eigenvalue weighted by atomic mass is 10.0. The van der Waals surface area contributed by atoms with E-state index in [-0.39, 0.29) is 0 Å². The summed E-state index contributed by atoms with van der Waals surface area (Å²) in [6.45, 7) is 4.40. The van der Waals surface area contributed by atoms with Crippen LogP contribution < -0.4 is 0 Å². The molecule has 0 atom stereocenters. The van der Waals surface area contributed by atoms with Crippen molar-refractivity contribution in [3.63, 3.8) is 0 Å². The third-order valence-electron chi connectivity index (χ3n) is 2.58. The van der Waals surface area contributed by atoms with E-state index in [2.05, 4.69) is 36.7 Å². The van der Waals surface area contributed by atoms with Crippen LogP contribution in [0.3, 0.4) is 0 Å². The molecule has 0 saturated heterocycles. The van der Waals surface area contributed by atoms with Crippen molar-refractivity contribution in [2.24, 2.45) is 0 Å². The third-order valence-corrected chi connectivity index (χ3v) is 4.57. The summed E-state index contributed by atoms with van der Waals surface area (Å²) < 4.78 is 0. The Morgan fingerprint density at radius 1 is 0.929 bits per heavy atom. The summed E-state index contributed by atoms with van der Waals surface area (Å²) in [7, 11) is 0. The van der Waals surface area contributed by atoms with Crippen molar-refractivity contribution in [3.05, 3.63) is 39.6 Å². The zero-order chi connectivity index (χ0) is 9.71. The molecule has 0 nitrogen and oxygen atoms in total. The van der Waals surface area contributed by atoms with Crippen LogP contribution in [0.5, 0.6) is 0 Å². The van der Waals surface area contributed by atoms with Crippen LogP contribution in [0.1, 0.15) is 25.0 Å². The molecule has 0 bridgehead atoms. The second-order valence-electron chi connectivity index (χ2n) is 3.70.